The molecule has 0 fully saturated rings. The standard InChI is InChI=1S/C22H16F5N3O4/c1-11(31)29-16-6-4-13(10-17(16)32)21(33)30-19(20-14(23)3-2-8-28-20)12-5-7-18(15(24)9-12)34-22(25,26)27/h2-10,19,32H,1H3,(H,29,31)(H,30,33). The second-order valence-electron chi connectivity index (χ2n) is 6.93. The summed E-state index contributed by atoms with van der Waals surface area (Å²) in [6.45, 7) is 1.22. The number of aromatic hydroxyl groups is 1. The molecular formula is C22H16F5N3O4. The molecule has 3 aromatic rings. The zero-order valence-electron chi connectivity index (χ0n) is 17.3. The van der Waals surface area contributed by atoms with Crippen LogP contribution in [0.2, 0.25) is 0 Å². The van der Waals surface area contributed by atoms with E-state index in [9.17, 15) is 36.6 Å². The Labute approximate surface area is 189 Å². The third-order valence-corrected chi connectivity index (χ3v) is 4.42. The summed E-state index contributed by atoms with van der Waals surface area (Å²) in [5.41, 5.74) is -0.528. The molecule has 0 aliphatic heterocycles. The molecule has 178 valence electrons. The average Bonchev–Trinajstić information content (AvgIpc) is 2.74. The maximum Gasteiger partial charge on any atom is 0.573 e. The molecule has 0 bridgehead atoms. The number of nitrogens with zero attached hydrogens (tertiary/aromatic N) is 1. The van der Waals surface area contributed by atoms with E-state index in [-0.39, 0.29) is 22.5 Å². The summed E-state index contributed by atoms with van der Waals surface area (Å²) in [5, 5.41) is 14.8. The highest BCUT2D eigenvalue weighted by molar-refractivity contribution is 5.97. The molecule has 0 spiro atoms. The van der Waals surface area contributed by atoms with Crippen LogP contribution >= 0.6 is 0 Å². The molecule has 34 heavy (non-hydrogen) atoms. The van der Waals surface area contributed by atoms with Gasteiger partial charge >= 0.3 is 6.36 Å². The van der Waals surface area contributed by atoms with Crippen LogP contribution in [-0.2, 0) is 4.79 Å². The van der Waals surface area contributed by atoms with Gasteiger partial charge in [0.05, 0.1) is 11.7 Å². The van der Waals surface area contributed by atoms with Gasteiger partial charge in [-0.1, -0.05) is 6.07 Å². The van der Waals surface area contributed by atoms with Crippen molar-refractivity contribution in [2.45, 2.75) is 19.3 Å². The number of aromatic nitrogens is 1. The molecule has 3 rings (SSSR count). The van der Waals surface area contributed by atoms with Crippen LogP contribution in [0.15, 0.2) is 54.7 Å². The highest BCUT2D eigenvalue weighted by Gasteiger charge is 2.33. The summed E-state index contributed by atoms with van der Waals surface area (Å²) < 4.78 is 69.7. The number of hydrogen-bond acceptors (Lipinski definition) is 5. The number of amides is 2. The molecule has 1 atom stereocenters. The zero-order chi connectivity index (χ0) is 25.0. The van der Waals surface area contributed by atoms with Gasteiger partial charge < -0.3 is 20.5 Å². The van der Waals surface area contributed by atoms with Gasteiger partial charge in [-0.3, -0.25) is 14.6 Å². The molecule has 2 aromatic carbocycles. The number of carbonyl (C=O) groups is 2. The lowest BCUT2D eigenvalue weighted by molar-refractivity contribution is -0.275. The van der Waals surface area contributed by atoms with Gasteiger partial charge in [0, 0.05) is 18.7 Å². The van der Waals surface area contributed by atoms with E-state index >= 15 is 0 Å². The number of hydrogen-bond donors (Lipinski definition) is 3. The van der Waals surface area contributed by atoms with E-state index in [4.69, 9.17) is 0 Å². The van der Waals surface area contributed by atoms with Gasteiger partial charge in [0.25, 0.3) is 5.91 Å². The number of phenolic OH excluding ortho intramolecular Hbond substituents is 1. The minimum Gasteiger partial charge on any atom is -0.506 e. The van der Waals surface area contributed by atoms with Crippen molar-refractivity contribution in [3.05, 3.63) is 83.2 Å². The molecule has 12 heteroatoms. The molecule has 0 saturated heterocycles. The molecule has 1 aromatic heterocycles. The molecule has 7 nitrogen and oxygen atoms in total. The molecule has 2 amide bonds. The molecule has 0 saturated carbocycles. The molecule has 1 unspecified atom stereocenters. The first kappa shape index (κ1) is 24.4. The van der Waals surface area contributed by atoms with E-state index in [1.165, 1.54) is 31.3 Å². The number of phenols is 1. The highest BCUT2D eigenvalue weighted by atomic mass is 19.4. The largest absolute Gasteiger partial charge is 0.573 e. The number of alkyl halides is 3. The predicted octanol–water partition coefficient (Wildman–Crippen LogP) is 4.44. The van der Waals surface area contributed by atoms with E-state index in [1.54, 1.807) is 0 Å². The van der Waals surface area contributed by atoms with E-state index in [0.717, 1.165) is 18.2 Å². The lowest BCUT2D eigenvalue weighted by Crippen LogP contribution is -2.30. The van der Waals surface area contributed by atoms with Gasteiger partial charge in [-0.2, -0.15) is 0 Å². The van der Waals surface area contributed by atoms with Crippen LogP contribution in [0.5, 0.6) is 11.5 Å². The first-order valence-corrected chi connectivity index (χ1v) is 9.51. The quantitative estimate of drug-likeness (QED) is 0.357. The second-order valence-corrected chi connectivity index (χ2v) is 6.93. The minimum absolute atomic E-state index is 0.0405. The Morgan fingerprint density at radius 1 is 1.06 bits per heavy atom. The third kappa shape index (κ3) is 5.97. The molecular weight excluding hydrogens is 465 g/mol. The Morgan fingerprint density at radius 2 is 1.79 bits per heavy atom. The van der Waals surface area contributed by atoms with Gasteiger partial charge in [-0.05, 0) is 48.0 Å². The van der Waals surface area contributed by atoms with Gasteiger partial charge in [0.15, 0.2) is 11.6 Å². The van der Waals surface area contributed by atoms with Crippen LogP contribution in [0.1, 0.15) is 34.6 Å². The fourth-order valence-corrected chi connectivity index (χ4v) is 3.01. The molecule has 0 aliphatic rings. The lowest BCUT2D eigenvalue weighted by Gasteiger charge is -2.20. The summed E-state index contributed by atoms with van der Waals surface area (Å²) in [6, 6.07) is 6.79. The van der Waals surface area contributed by atoms with Crippen molar-refractivity contribution in [3.63, 3.8) is 0 Å². The van der Waals surface area contributed by atoms with Crippen molar-refractivity contribution in [1.29, 1.82) is 0 Å². The number of pyridine rings is 1. The van der Waals surface area contributed by atoms with E-state index in [2.05, 4.69) is 20.4 Å². The minimum atomic E-state index is -5.13. The van der Waals surface area contributed by atoms with Gasteiger partial charge in [0.2, 0.25) is 5.91 Å². The Bertz CT molecular complexity index is 1230. The Balaban J connectivity index is 1.96. The van der Waals surface area contributed by atoms with Gasteiger partial charge in [-0.25, -0.2) is 8.78 Å². The van der Waals surface area contributed by atoms with Crippen molar-refractivity contribution >= 4 is 17.5 Å². The van der Waals surface area contributed by atoms with Crippen molar-refractivity contribution in [2.24, 2.45) is 0 Å². The van der Waals surface area contributed by atoms with Crippen molar-refractivity contribution in [1.82, 2.24) is 10.3 Å². The second kappa shape index (κ2) is 9.73. The number of rotatable bonds is 6. The highest BCUT2D eigenvalue weighted by Crippen LogP contribution is 2.31. The number of ether oxygens (including phenoxy) is 1. The summed E-state index contributed by atoms with van der Waals surface area (Å²) >= 11 is 0. The van der Waals surface area contributed by atoms with E-state index in [0.29, 0.717) is 12.1 Å². The maximum atomic E-state index is 14.5. The van der Waals surface area contributed by atoms with Crippen LogP contribution < -0.4 is 15.4 Å². The first-order chi connectivity index (χ1) is 15.9. The molecule has 3 N–H and O–H groups in total. The number of carbonyl (C=O) groups excluding carboxylic acids is 2. The van der Waals surface area contributed by atoms with Crippen molar-refractivity contribution in [2.75, 3.05) is 5.32 Å². The number of nitrogens with one attached hydrogen (secondary N) is 2. The Hall–Kier alpha value is -4.22. The van der Waals surface area contributed by atoms with Crippen LogP contribution in [0.4, 0.5) is 27.6 Å². The topological polar surface area (TPSA) is 101 Å². The summed E-state index contributed by atoms with van der Waals surface area (Å²) in [5.74, 6) is -5.12. The summed E-state index contributed by atoms with van der Waals surface area (Å²) in [6.07, 6.45) is -3.92. The third-order valence-electron chi connectivity index (χ3n) is 4.42. The predicted molar refractivity (Wildman–Crippen MR) is 109 cm³/mol. The van der Waals surface area contributed by atoms with Crippen LogP contribution in [-0.4, -0.2) is 28.3 Å². The number of halogens is 5. The monoisotopic (exact) mass is 481 g/mol. The Kier molecular flexibility index (Phi) is 6.99. The normalized spacial score (nSPS) is 12.1. The zero-order valence-corrected chi connectivity index (χ0v) is 17.3. The van der Waals surface area contributed by atoms with Crippen molar-refractivity contribution in [3.8, 4) is 11.5 Å². The molecule has 0 radical (unpaired) electrons. The number of anilines is 1. The van der Waals surface area contributed by atoms with Crippen LogP contribution in [0.3, 0.4) is 0 Å². The fraction of sp³-hybridized carbons (Fsp3) is 0.136. The molecule has 0 aliphatic carbocycles. The maximum absolute atomic E-state index is 14.5. The van der Waals surface area contributed by atoms with E-state index < -0.39 is 47.4 Å². The van der Waals surface area contributed by atoms with Gasteiger partial charge in [0.1, 0.15) is 17.3 Å². The first-order valence-electron chi connectivity index (χ1n) is 9.51. The van der Waals surface area contributed by atoms with Crippen molar-refractivity contribution < 1.29 is 41.4 Å². The smallest absolute Gasteiger partial charge is 0.506 e. The van der Waals surface area contributed by atoms with Crippen LogP contribution in [0, 0.1) is 11.6 Å². The fourth-order valence-electron chi connectivity index (χ4n) is 3.01. The van der Waals surface area contributed by atoms with Gasteiger partial charge in [-0.15, -0.1) is 13.2 Å². The lowest BCUT2D eigenvalue weighted by atomic mass is 10.0. The Morgan fingerprint density at radius 3 is 2.38 bits per heavy atom. The van der Waals surface area contributed by atoms with E-state index in [1.807, 2.05) is 0 Å². The molecule has 1 heterocycles. The number of benzene rings is 2. The van der Waals surface area contributed by atoms with Crippen LogP contribution in [0.25, 0.3) is 0 Å². The summed E-state index contributed by atoms with van der Waals surface area (Å²) in [4.78, 5) is 27.8. The summed E-state index contributed by atoms with van der Waals surface area (Å²) in [7, 11) is 0. The average molecular weight is 481 g/mol. The SMILES string of the molecule is CC(=O)Nc1ccc(C(=O)NC(c2ccc(OC(F)(F)F)c(F)c2)c2ncccc2F)cc1O.